The number of pyridine rings is 1. The summed E-state index contributed by atoms with van der Waals surface area (Å²) in [6.07, 6.45) is 2.54. The zero-order valence-corrected chi connectivity index (χ0v) is 17.2. The number of rotatable bonds is 2. The molecule has 1 unspecified atom stereocenters. The molecule has 1 aliphatic heterocycles. The molecule has 2 heterocycles. The van der Waals surface area contributed by atoms with E-state index in [9.17, 15) is 4.79 Å². The Morgan fingerprint density at radius 2 is 1.89 bits per heavy atom. The van der Waals surface area contributed by atoms with Crippen LogP contribution in [0.3, 0.4) is 0 Å². The fourth-order valence-electron chi connectivity index (χ4n) is 4.13. The largest absolute Gasteiger partial charge is 0.444 e. The second-order valence-electron chi connectivity index (χ2n) is 8.80. The lowest BCUT2D eigenvalue weighted by Crippen LogP contribution is -2.40. The molecule has 1 aliphatic rings. The average Bonchev–Trinajstić information content (AvgIpc) is 3.09. The first-order chi connectivity index (χ1) is 13.3. The second-order valence-corrected chi connectivity index (χ2v) is 8.80. The molecule has 4 heteroatoms. The summed E-state index contributed by atoms with van der Waals surface area (Å²) >= 11 is 0. The molecule has 0 saturated carbocycles. The number of hydrogen-bond acceptors (Lipinski definition) is 3. The lowest BCUT2D eigenvalue weighted by molar-refractivity contribution is 0.0226. The van der Waals surface area contributed by atoms with Gasteiger partial charge in [-0.05, 0) is 58.1 Å². The van der Waals surface area contributed by atoms with Crippen LogP contribution < -0.4 is 0 Å². The standard InChI is InChI=1S/C24H28N2O2/c1-16-11-12-21-20(14-16)18-9-5-6-10-19(18)22(25-21)15-17-8-7-13-26(17)23(27)28-24(2,3)4/h5-6,9-12,14,17H,7-8,13,15H2,1-4H3. The summed E-state index contributed by atoms with van der Waals surface area (Å²) in [4.78, 5) is 19.5. The molecule has 0 bridgehead atoms. The van der Waals surface area contributed by atoms with Crippen molar-refractivity contribution in [2.24, 2.45) is 0 Å². The fourth-order valence-corrected chi connectivity index (χ4v) is 4.13. The topological polar surface area (TPSA) is 42.4 Å². The Morgan fingerprint density at radius 1 is 1.14 bits per heavy atom. The lowest BCUT2D eigenvalue weighted by Gasteiger charge is -2.28. The molecule has 3 aromatic rings. The minimum Gasteiger partial charge on any atom is -0.444 e. The van der Waals surface area contributed by atoms with Crippen LogP contribution in [0.2, 0.25) is 0 Å². The molecule has 0 N–H and O–H groups in total. The average molecular weight is 377 g/mol. The lowest BCUT2D eigenvalue weighted by atomic mass is 9.99. The van der Waals surface area contributed by atoms with Gasteiger partial charge in [-0.3, -0.25) is 4.98 Å². The van der Waals surface area contributed by atoms with E-state index < -0.39 is 5.60 Å². The van der Waals surface area contributed by atoms with Crippen molar-refractivity contribution in [1.82, 2.24) is 9.88 Å². The number of carbonyl (C=O) groups is 1. The maximum atomic E-state index is 12.7. The van der Waals surface area contributed by atoms with E-state index in [-0.39, 0.29) is 12.1 Å². The maximum Gasteiger partial charge on any atom is 0.410 e. The number of fused-ring (bicyclic) bond motifs is 3. The highest BCUT2D eigenvalue weighted by Crippen LogP contribution is 2.30. The van der Waals surface area contributed by atoms with Gasteiger partial charge in [-0.15, -0.1) is 0 Å². The number of likely N-dealkylation sites (tertiary alicyclic amines) is 1. The van der Waals surface area contributed by atoms with E-state index in [1.165, 1.54) is 21.7 Å². The van der Waals surface area contributed by atoms with Gasteiger partial charge in [0.25, 0.3) is 0 Å². The Labute approximate surface area is 166 Å². The molecular formula is C24H28N2O2. The Hall–Kier alpha value is -2.62. The molecule has 0 spiro atoms. The van der Waals surface area contributed by atoms with Crippen molar-refractivity contribution in [3.8, 4) is 0 Å². The summed E-state index contributed by atoms with van der Waals surface area (Å²) in [6.45, 7) is 8.60. The van der Waals surface area contributed by atoms with Gasteiger partial charge >= 0.3 is 6.09 Å². The SMILES string of the molecule is Cc1ccc2nc(CC3CCCN3C(=O)OC(C)(C)C)c3ccccc3c2c1. The van der Waals surface area contributed by atoms with E-state index in [1.807, 2.05) is 25.7 Å². The van der Waals surface area contributed by atoms with Crippen LogP contribution >= 0.6 is 0 Å². The van der Waals surface area contributed by atoms with Crippen molar-refractivity contribution in [2.75, 3.05) is 6.54 Å². The molecule has 1 amide bonds. The zero-order valence-electron chi connectivity index (χ0n) is 17.2. The number of carbonyl (C=O) groups excluding carboxylic acids is 1. The fraction of sp³-hybridized carbons (Fsp3) is 0.417. The molecule has 2 aromatic carbocycles. The van der Waals surface area contributed by atoms with Gasteiger partial charge in [-0.2, -0.15) is 0 Å². The number of aromatic nitrogens is 1. The highest BCUT2D eigenvalue weighted by Gasteiger charge is 2.32. The zero-order chi connectivity index (χ0) is 19.9. The maximum absolute atomic E-state index is 12.7. The molecular weight excluding hydrogens is 348 g/mol. The summed E-state index contributed by atoms with van der Waals surface area (Å²) in [5.74, 6) is 0. The van der Waals surface area contributed by atoms with Gasteiger partial charge in [-0.25, -0.2) is 4.79 Å². The summed E-state index contributed by atoms with van der Waals surface area (Å²) < 4.78 is 5.63. The van der Waals surface area contributed by atoms with Gasteiger partial charge in [0, 0.05) is 29.8 Å². The molecule has 146 valence electrons. The summed E-state index contributed by atoms with van der Waals surface area (Å²) in [6, 6.07) is 15.0. The normalized spacial score (nSPS) is 17.4. The van der Waals surface area contributed by atoms with Gasteiger partial charge < -0.3 is 9.64 Å². The van der Waals surface area contributed by atoms with Gasteiger partial charge in [-0.1, -0.05) is 35.9 Å². The third kappa shape index (κ3) is 3.68. The Morgan fingerprint density at radius 3 is 2.64 bits per heavy atom. The van der Waals surface area contributed by atoms with Gasteiger partial charge in [0.2, 0.25) is 0 Å². The molecule has 4 rings (SSSR count). The molecule has 1 aromatic heterocycles. The van der Waals surface area contributed by atoms with Crippen LogP contribution in [-0.2, 0) is 11.2 Å². The van der Waals surface area contributed by atoms with Crippen LogP contribution in [0.4, 0.5) is 4.79 Å². The second kappa shape index (κ2) is 7.08. The quantitative estimate of drug-likeness (QED) is 0.544. The van der Waals surface area contributed by atoms with E-state index in [2.05, 4.69) is 49.4 Å². The first-order valence-electron chi connectivity index (χ1n) is 10.1. The number of ether oxygens (including phenoxy) is 1. The minimum absolute atomic E-state index is 0.133. The van der Waals surface area contributed by atoms with Crippen LogP contribution in [-0.4, -0.2) is 34.2 Å². The van der Waals surface area contributed by atoms with E-state index in [0.717, 1.165) is 37.0 Å². The number of hydrogen-bond donors (Lipinski definition) is 0. The van der Waals surface area contributed by atoms with Crippen molar-refractivity contribution in [3.63, 3.8) is 0 Å². The van der Waals surface area contributed by atoms with Gasteiger partial charge in [0.15, 0.2) is 0 Å². The predicted octanol–water partition coefficient (Wildman–Crippen LogP) is 5.64. The highest BCUT2D eigenvalue weighted by atomic mass is 16.6. The van der Waals surface area contributed by atoms with Gasteiger partial charge in [0.1, 0.15) is 5.60 Å². The Bertz CT molecular complexity index is 1040. The Balaban J connectivity index is 1.71. The smallest absolute Gasteiger partial charge is 0.410 e. The van der Waals surface area contributed by atoms with Crippen LogP contribution in [0.15, 0.2) is 42.5 Å². The number of nitrogens with zero attached hydrogens (tertiary/aromatic N) is 2. The van der Waals surface area contributed by atoms with E-state index >= 15 is 0 Å². The molecule has 28 heavy (non-hydrogen) atoms. The van der Waals surface area contributed by atoms with Crippen molar-refractivity contribution in [3.05, 3.63) is 53.7 Å². The molecule has 4 nitrogen and oxygen atoms in total. The third-order valence-corrected chi connectivity index (χ3v) is 5.37. The Kier molecular flexibility index (Phi) is 4.74. The van der Waals surface area contributed by atoms with E-state index in [0.29, 0.717) is 0 Å². The van der Waals surface area contributed by atoms with Crippen molar-refractivity contribution >= 4 is 27.8 Å². The van der Waals surface area contributed by atoms with Crippen molar-refractivity contribution in [2.45, 2.75) is 58.6 Å². The molecule has 1 saturated heterocycles. The first-order valence-corrected chi connectivity index (χ1v) is 10.1. The number of amides is 1. The minimum atomic E-state index is -0.476. The molecule has 1 atom stereocenters. The van der Waals surface area contributed by atoms with Crippen LogP contribution in [0.25, 0.3) is 21.7 Å². The predicted molar refractivity (Wildman–Crippen MR) is 114 cm³/mol. The van der Waals surface area contributed by atoms with Crippen LogP contribution in [0.5, 0.6) is 0 Å². The molecule has 0 aliphatic carbocycles. The summed E-state index contributed by atoms with van der Waals surface area (Å²) in [7, 11) is 0. The van der Waals surface area contributed by atoms with E-state index in [1.54, 1.807) is 0 Å². The van der Waals surface area contributed by atoms with Crippen LogP contribution in [0, 0.1) is 6.92 Å². The molecule has 0 radical (unpaired) electrons. The number of benzene rings is 2. The monoisotopic (exact) mass is 376 g/mol. The third-order valence-electron chi connectivity index (χ3n) is 5.37. The van der Waals surface area contributed by atoms with E-state index in [4.69, 9.17) is 9.72 Å². The number of aryl methyl sites for hydroxylation is 1. The highest BCUT2D eigenvalue weighted by molar-refractivity contribution is 6.06. The van der Waals surface area contributed by atoms with Gasteiger partial charge in [0.05, 0.1) is 11.2 Å². The first kappa shape index (κ1) is 18.7. The van der Waals surface area contributed by atoms with Crippen molar-refractivity contribution in [1.29, 1.82) is 0 Å². The summed E-state index contributed by atoms with van der Waals surface area (Å²) in [5, 5.41) is 3.60. The van der Waals surface area contributed by atoms with Crippen LogP contribution in [0.1, 0.15) is 44.9 Å². The summed E-state index contributed by atoms with van der Waals surface area (Å²) in [5.41, 5.74) is 2.84. The molecule has 1 fully saturated rings. The van der Waals surface area contributed by atoms with Crippen molar-refractivity contribution < 1.29 is 9.53 Å².